The standard InChI is InChI=1S/C17H19NO.ClH/c1-2-6-14(7-3-1)17-9-5-4-8-15(17)13-19-16-10-11-18-12-16;/h1-9,16,18H,10-13H2;1H/t16-;/m1./s1. The minimum absolute atomic E-state index is 0. The lowest BCUT2D eigenvalue weighted by molar-refractivity contribution is 0.0545. The molecule has 2 aromatic carbocycles. The Balaban J connectivity index is 0.00000147. The minimum atomic E-state index is 0. The Hall–Kier alpha value is -1.35. The smallest absolute Gasteiger partial charge is 0.0727 e. The van der Waals surface area contributed by atoms with E-state index in [1.807, 2.05) is 6.07 Å². The van der Waals surface area contributed by atoms with Crippen LogP contribution in [0.2, 0.25) is 0 Å². The van der Waals surface area contributed by atoms with Gasteiger partial charge in [0.05, 0.1) is 12.7 Å². The molecular weight excluding hydrogens is 270 g/mol. The third-order valence-electron chi connectivity index (χ3n) is 3.59. The van der Waals surface area contributed by atoms with Gasteiger partial charge in [-0.3, -0.25) is 0 Å². The number of hydrogen-bond donors (Lipinski definition) is 1. The van der Waals surface area contributed by atoms with E-state index in [4.69, 9.17) is 4.74 Å². The van der Waals surface area contributed by atoms with Gasteiger partial charge < -0.3 is 10.1 Å². The molecule has 1 atom stereocenters. The maximum absolute atomic E-state index is 5.99. The highest BCUT2D eigenvalue weighted by atomic mass is 35.5. The number of benzene rings is 2. The molecule has 1 N–H and O–H groups in total. The average molecular weight is 290 g/mol. The third kappa shape index (κ3) is 3.60. The van der Waals surface area contributed by atoms with E-state index in [0.717, 1.165) is 19.5 Å². The summed E-state index contributed by atoms with van der Waals surface area (Å²) in [6, 6.07) is 19.0. The molecule has 2 aromatic rings. The Morgan fingerprint density at radius 3 is 2.50 bits per heavy atom. The van der Waals surface area contributed by atoms with Gasteiger partial charge in [0, 0.05) is 6.54 Å². The fourth-order valence-corrected chi connectivity index (χ4v) is 2.52. The number of nitrogens with one attached hydrogen (secondary N) is 1. The fourth-order valence-electron chi connectivity index (χ4n) is 2.52. The Morgan fingerprint density at radius 1 is 1.00 bits per heavy atom. The van der Waals surface area contributed by atoms with Crippen molar-refractivity contribution in [3.63, 3.8) is 0 Å². The van der Waals surface area contributed by atoms with Crippen molar-refractivity contribution in [1.82, 2.24) is 5.32 Å². The second-order valence-electron chi connectivity index (χ2n) is 4.95. The van der Waals surface area contributed by atoms with Crippen LogP contribution in [0.4, 0.5) is 0 Å². The molecule has 0 bridgehead atoms. The van der Waals surface area contributed by atoms with Crippen molar-refractivity contribution in [1.29, 1.82) is 0 Å². The SMILES string of the molecule is Cl.c1ccc(-c2ccccc2CO[C@@H]2CCNC2)cc1. The van der Waals surface area contributed by atoms with E-state index in [1.54, 1.807) is 0 Å². The normalized spacial score (nSPS) is 17.7. The van der Waals surface area contributed by atoms with Crippen molar-refractivity contribution in [3.8, 4) is 11.1 Å². The largest absolute Gasteiger partial charge is 0.372 e. The Morgan fingerprint density at radius 2 is 1.75 bits per heavy atom. The molecule has 0 amide bonds. The molecule has 1 saturated heterocycles. The Kier molecular flexibility index (Phi) is 5.60. The molecular formula is C17H20ClNO. The Bertz CT molecular complexity index is 524. The summed E-state index contributed by atoms with van der Waals surface area (Å²) in [6.45, 7) is 2.75. The van der Waals surface area contributed by atoms with E-state index in [2.05, 4.69) is 53.8 Å². The van der Waals surface area contributed by atoms with Crippen LogP contribution in [0.3, 0.4) is 0 Å². The zero-order chi connectivity index (χ0) is 12.9. The first-order chi connectivity index (χ1) is 9.43. The highest BCUT2D eigenvalue weighted by Crippen LogP contribution is 2.24. The van der Waals surface area contributed by atoms with E-state index < -0.39 is 0 Å². The van der Waals surface area contributed by atoms with Gasteiger partial charge >= 0.3 is 0 Å². The summed E-state index contributed by atoms with van der Waals surface area (Å²) in [5.74, 6) is 0. The van der Waals surface area contributed by atoms with Crippen LogP contribution >= 0.6 is 12.4 Å². The first kappa shape index (κ1) is 15.0. The lowest BCUT2D eigenvalue weighted by atomic mass is 10.0. The molecule has 0 unspecified atom stereocenters. The van der Waals surface area contributed by atoms with Crippen molar-refractivity contribution in [2.24, 2.45) is 0 Å². The van der Waals surface area contributed by atoms with E-state index in [1.165, 1.54) is 16.7 Å². The zero-order valence-corrected chi connectivity index (χ0v) is 12.2. The maximum atomic E-state index is 5.99. The van der Waals surface area contributed by atoms with Crippen molar-refractivity contribution in [3.05, 3.63) is 60.2 Å². The number of halogens is 1. The number of rotatable bonds is 4. The summed E-state index contributed by atoms with van der Waals surface area (Å²) >= 11 is 0. The summed E-state index contributed by atoms with van der Waals surface area (Å²) in [6.07, 6.45) is 1.48. The third-order valence-corrected chi connectivity index (χ3v) is 3.59. The predicted octanol–water partition coefficient (Wildman–Crippen LogP) is 3.65. The van der Waals surface area contributed by atoms with Gasteiger partial charge in [-0.2, -0.15) is 0 Å². The molecule has 3 rings (SSSR count). The molecule has 3 heteroatoms. The summed E-state index contributed by atoms with van der Waals surface area (Å²) in [7, 11) is 0. The molecule has 20 heavy (non-hydrogen) atoms. The quantitative estimate of drug-likeness (QED) is 0.927. The summed E-state index contributed by atoms with van der Waals surface area (Å²) in [4.78, 5) is 0. The summed E-state index contributed by atoms with van der Waals surface area (Å²) in [5.41, 5.74) is 3.79. The van der Waals surface area contributed by atoms with Gasteiger partial charge in [-0.05, 0) is 29.7 Å². The molecule has 106 valence electrons. The van der Waals surface area contributed by atoms with Crippen molar-refractivity contribution < 1.29 is 4.74 Å². The van der Waals surface area contributed by atoms with Gasteiger partial charge in [-0.1, -0.05) is 54.6 Å². The molecule has 1 aliphatic heterocycles. The number of hydrogen-bond acceptors (Lipinski definition) is 2. The van der Waals surface area contributed by atoms with Gasteiger partial charge in [0.1, 0.15) is 0 Å². The van der Waals surface area contributed by atoms with Gasteiger partial charge in [0.25, 0.3) is 0 Å². The van der Waals surface area contributed by atoms with Crippen LogP contribution in [0, 0.1) is 0 Å². The summed E-state index contributed by atoms with van der Waals surface area (Å²) in [5, 5.41) is 3.33. The molecule has 1 aliphatic rings. The molecule has 0 spiro atoms. The monoisotopic (exact) mass is 289 g/mol. The van der Waals surface area contributed by atoms with Crippen LogP contribution in [-0.4, -0.2) is 19.2 Å². The lowest BCUT2D eigenvalue weighted by Gasteiger charge is -2.13. The molecule has 2 nitrogen and oxygen atoms in total. The second-order valence-corrected chi connectivity index (χ2v) is 4.95. The first-order valence-electron chi connectivity index (χ1n) is 6.89. The first-order valence-corrected chi connectivity index (χ1v) is 6.89. The van der Waals surface area contributed by atoms with Crippen LogP contribution in [0.15, 0.2) is 54.6 Å². The van der Waals surface area contributed by atoms with E-state index in [9.17, 15) is 0 Å². The molecule has 0 radical (unpaired) electrons. The lowest BCUT2D eigenvalue weighted by Crippen LogP contribution is -2.16. The van der Waals surface area contributed by atoms with Crippen molar-refractivity contribution in [2.75, 3.05) is 13.1 Å². The van der Waals surface area contributed by atoms with Gasteiger partial charge in [0.2, 0.25) is 0 Å². The minimum Gasteiger partial charge on any atom is -0.372 e. The molecule has 0 aliphatic carbocycles. The van der Waals surface area contributed by atoms with Crippen LogP contribution in [-0.2, 0) is 11.3 Å². The average Bonchev–Trinajstić information content (AvgIpc) is 3.00. The molecule has 0 aromatic heterocycles. The van der Waals surface area contributed by atoms with E-state index >= 15 is 0 Å². The Labute approximate surface area is 126 Å². The second kappa shape index (κ2) is 7.44. The van der Waals surface area contributed by atoms with Gasteiger partial charge in [-0.25, -0.2) is 0 Å². The molecule has 0 saturated carbocycles. The molecule has 1 fully saturated rings. The fraction of sp³-hybridized carbons (Fsp3) is 0.294. The highest BCUT2D eigenvalue weighted by molar-refractivity contribution is 5.85. The maximum Gasteiger partial charge on any atom is 0.0727 e. The summed E-state index contributed by atoms with van der Waals surface area (Å²) < 4.78 is 5.99. The molecule has 1 heterocycles. The van der Waals surface area contributed by atoms with Crippen LogP contribution in [0.25, 0.3) is 11.1 Å². The predicted molar refractivity (Wildman–Crippen MR) is 85.2 cm³/mol. The van der Waals surface area contributed by atoms with Crippen LogP contribution in [0.1, 0.15) is 12.0 Å². The van der Waals surface area contributed by atoms with Gasteiger partial charge in [0.15, 0.2) is 0 Å². The van der Waals surface area contributed by atoms with E-state index in [-0.39, 0.29) is 12.4 Å². The topological polar surface area (TPSA) is 21.3 Å². The van der Waals surface area contributed by atoms with Crippen LogP contribution in [0.5, 0.6) is 0 Å². The van der Waals surface area contributed by atoms with Crippen LogP contribution < -0.4 is 5.32 Å². The van der Waals surface area contributed by atoms with Gasteiger partial charge in [-0.15, -0.1) is 12.4 Å². The van der Waals surface area contributed by atoms with Crippen molar-refractivity contribution in [2.45, 2.75) is 19.1 Å². The zero-order valence-electron chi connectivity index (χ0n) is 11.4. The van der Waals surface area contributed by atoms with E-state index in [0.29, 0.717) is 12.7 Å². The number of ether oxygens (including phenoxy) is 1. The highest BCUT2D eigenvalue weighted by Gasteiger charge is 2.15. The van der Waals surface area contributed by atoms with Crippen molar-refractivity contribution >= 4 is 12.4 Å².